The Morgan fingerprint density at radius 2 is 2.00 bits per heavy atom. The molecule has 0 amide bonds. The van der Waals surface area contributed by atoms with E-state index in [-0.39, 0.29) is 6.10 Å². The van der Waals surface area contributed by atoms with Gasteiger partial charge in [-0.25, -0.2) is 15.8 Å². The van der Waals surface area contributed by atoms with E-state index >= 15 is 0 Å². The minimum absolute atomic E-state index is 0.110. The lowest BCUT2D eigenvalue weighted by Gasteiger charge is -2.20. The summed E-state index contributed by atoms with van der Waals surface area (Å²) in [5.74, 6) is 8.08. The summed E-state index contributed by atoms with van der Waals surface area (Å²) in [7, 11) is 0. The van der Waals surface area contributed by atoms with Crippen LogP contribution < -0.4 is 16.0 Å². The Morgan fingerprint density at radius 1 is 1.14 bits per heavy atom. The maximum Gasteiger partial charge on any atom is 0.172 e. The van der Waals surface area contributed by atoms with Gasteiger partial charge in [0.25, 0.3) is 0 Å². The van der Waals surface area contributed by atoms with Gasteiger partial charge in [-0.15, -0.1) is 0 Å². The number of hydrogen-bond donors (Lipinski definition) is 2. The second-order valence-electron chi connectivity index (χ2n) is 5.63. The molecule has 0 radical (unpaired) electrons. The van der Waals surface area contributed by atoms with Crippen molar-refractivity contribution in [3.05, 3.63) is 46.9 Å². The van der Waals surface area contributed by atoms with Gasteiger partial charge >= 0.3 is 0 Å². The third-order valence-electron chi connectivity index (χ3n) is 4.27. The molecule has 1 aliphatic heterocycles. The highest BCUT2D eigenvalue weighted by Crippen LogP contribution is 2.36. The fourth-order valence-electron chi connectivity index (χ4n) is 3.20. The number of nitrogens with two attached hydrogens (primary N) is 1. The van der Waals surface area contributed by atoms with Crippen LogP contribution in [-0.2, 0) is 19.3 Å². The highest BCUT2D eigenvalue weighted by molar-refractivity contribution is 5.47. The summed E-state index contributed by atoms with van der Waals surface area (Å²) in [5.41, 5.74) is 6.24. The number of aryl methyl sites for hydroxylation is 1. The molecule has 1 aromatic heterocycles. The smallest absolute Gasteiger partial charge is 0.172 e. The van der Waals surface area contributed by atoms with Crippen LogP contribution in [-0.4, -0.2) is 9.97 Å². The Bertz CT molecular complexity index is 644. The van der Waals surface area contributed by atoms with Gasteiger partial charge in [0, 0.05) is 17.7 Å². The molecule has 5 heteroatoms. The maximum absolute atomic E-state index is 5.99. The number of benzene rings is 1. The number of nitrogens with zero attached hydrogens (tertiary/aromatic N) is 2. The maximum atomic E-state index is 5.99. The van der Waals surface area contributed by atoms with Crippen LogP contribution in [0.4, 0.5) is 5.82 Å². The Hall–Kier alpha value is -2.14. The molecule has 0 bridgehead atoms. The van der Waals surface area contributed by atoms with Crippen LogP contribution in [0.3, 0.4) is 0 Å². The van der Waals surface area contributed by atoms with Crippen LogP contribution in [0.5, 0.6) is 5.75 Å². The van der Waals surface area contributed by atoms with Crippen molar-refractivity contribution in [1.82, 2.24) is 9.97 Å². The topological polar surface area (TPSA) is 73.1 Å². The Morgan fingerprint density at radius 3 is 2.86 bits per heavy atom. The van der Waals surface area contributed by atoms with Crippen LogP contribution in [0.25, 0.3) is 0 Å². The standard InChI is InChI=1S/C16H18N4O/c17-20-15-11-6-2-3-7-12(11)18-16(19-15)14-9-10-5-1-4-8-13(10)21-14/h1,4-5,8,14H,2-3,6-7,9,17H2,(H,18,19,20). The van der Waals surface area contributed by atoms with Gasteiger partial charge in [-0.3, -0.25) is 0 Å². The monoisotopic (exact) mass is 282 g/mol. The van der Waals surface area contributed by atoms with E-state index in [0.717, 1.165) is 42.3 Å². The average Bonchev–Trinajstić information content (AvgIpc) is 2.98. The van der Waals surface area contributed by atoms with Crippen molar-refractivity contribution in [3.63, 3.8) is 0 Å². The van der Waals surface area contributed by atoms with Crippen molar-refractivity contribution in [2.24, 2.45) is 5.84 Å². The highest BCUT2D eigenvalue weighted by Gasteiger charge is 2.28. The molecule has 2 aromatic rings. The van der Waals surface area contributed by atoms with Crippen molar-refractivity contribution in [2.75, 3.05) is 5.43 Å². The Labute approximate surface area is 123 Å². The highest BCUT2D eigenvalue weighted by atomic mass is 16.5. The van der Waals surface area contributed by atoms with E-state index in [4.69, 9.17) is 15.6 Å². The van der Waals surface area contributed by atoms with E-state index < -0.39 is 0 Å². The second kappa shape index (κ2) is 5.00. The predicted octanol–water partition coefficient (Wildman–Crippen LogP) is 2.32. The fourth-order valence-corrected chi connectivity index (χ4v) is 3.20. The summed E-state index contributed by atoms with van der Waals surface area (Å²) in [5, 5.41) is 0. The molecule has 21 heavy (non-hydrogen) atoms. The van der Waals surface area contributed by atoms with Gasteiger partial charge in [0.05, 0.1) is 0 Å². The lowest BCUT2D eigenvalue weighted by atomic mass is 9.96. The quantitative estimate of drug-likeness (QED) is 0.653. The van der Waals surface area contributed by atoms with Crippen molar-refractivity contribution in [3.8, 4) is 5.75 Å². The summed E-state index contributed by atoms with van der Waals surface area (Å²) in [6.45, 7) is 0. The van der Waals surface area contributed by atoms with Gasteiger partial charge in [0.15, 0.2) is 11.9 Å². The lowest BCUT2D eigenvalue weighted by molar-refractivity contribution is 0.227. The number of aromatic nitrogens is 2. The largest absolute Gasteiger partial charge is 0.482 e. The van der Waals surface area contributed by atoms with Crippen molar-refractivity contribution >= 4 is 5.82 Å². The molecule has 1 unspecified atom stereocenters. The summed E-state index contributed by atoms with van der Waals surface area (Å²) in [4.78, 5) is 9.35. The first-order valence-electron chi connectivity index (χ1n) is 7.46. The molecule has 1 aliphatic carbocycles. The van der Waals surface area contributed by atoms with Gasteiger partial charge in [-0.2, -0.15) is 0 Å². The number of para-hydroxylation sites is 1. The number of nitrogen functional groups attached to an aromatic ring is 1. The molecule has 2 heterocycles. The normalized spacial score (nSPS) is 19.6. The molecule has 0 spiro atoms. The fraction of sp³-hybridized carbons (Fsp3) is 0.375. The first kappa shape index (κ1) is 12.6. The van der Waals surface area contributed by atoms with E-state index in [1.165, 1.54) is 24.0 Å². The van der Waals surface area contributed by atoms with Crippen molar-refractivity contribution in [1.29, 1.82) is 0 Å². The summed E-state index contributed by atoms with van der Waals surface area (Å²) in [6.07, 6.45) is 5.07. The van der Waals surface area contributed by atoms with Crippen LogP contribution in [0.2, 0.25) is 0 Å². The van der Waals surface area contributed by atoms with E-state index in [2.05, 4.69) is 16.5 Å². The van der Waals surface area contributed by atoms with Crippen molar-refractivity contribution < 1.29 is 4.74 Å². The van der Waals surface area contributed by atoms with E-state index in [9.17, 15) is 0 Å². The summed E-state index contributed by atoms with van der Waals surface area (Å²) in [6, 6.07) is 8.11. The van der Waals surface area contributed by atoms with E-state index in [1.54, 1.807) is 0 Å². The summed E-state index contributed by atoms with van der Waals surface area (Å²) >= 11 is 0. The number of rotatable bonds is 2. The van der Waals surface area contributed by atoms with Crippen LogP contribution in [0.1, 0.15) is 41.6 Å². The third kappa shape index (κ3) is 2.14. The molecule has 5 nitrogen and oxygen atoms in total. The molecule has 0 fully saturated rings. The molecule has 1 atom stereocenters. The molecule has 108 valence electrons. The van der Waals surface area contributed by atoms with E-state index in [0.29, 0.717) is 0 Å². The number of nitrogens with one attached hydrogen (secondary N) is 1. The predicted molar refractivity (Wildman–Crippen MR) is 80.0 cm³/mol. The van der Waals surface area contributed by atoms with Crippen molar-refractivity contribution in [2.45, 2.75) is 38.2 Å². The summed E-state index contributed by atoms with van der Waals surface area (Å²) < 4.78 is 5.99. The molecule has 2 aliphatic rings. The van der Waals surface area contributed by atoms with Crippen LogP contribution in [0.15, 0.2) is 24.3 Å². The minimum atomic E-state index is -0.110. The molecule has 1 aromatic carbocycles. The Kier molecular flexibility index (Phi) is 3.00. The molecular formula is C16H18N4O. The molecule has 0 saturated carbocycles. The number of anilines is 1. The second-order valence-corrected chi connectivity index (χ2v) is 5.63. The van der Waals surface area contributed by atoms with Gasteiger partial charge in [-0.05, 0) is 37.3 Å². The van der Waals surface area contributed by atoms with Crippen LogP contribution in [0, 0.1) is 0 Å². The number of fused-ring (bicyclic) bond motifs is 2. The van der Waals surface area contributed by atoms with Crippen LogP contribution >= 0.6 is 0 Å². The molecular weight excluding hydrogens is 264 g/mol. The number of hydrogen-bond acceptors (Lipinski definition) is 5. The molecule has 0 saturated heterocycles. The number of hydrazine groups is 1. The SMILES string of the molecule is NNc1nc(C2Cc3ccccc3O2)nc2c1CCCC2. The zero-order valence-corrected chi connectivity index (χ0v) is 11.8. The van der Waals surface area contributed by atoms with Gasteiger partial charge < -0.3 is 10.2 Å². The zero-order valence-electron chi connectivity index (χ0n) is 11.8. The molecule has 4 rings (SSSR count). The third-order valence-corrected chi connectivity index (χ3v) is 4.27. The molecule has 3 N–H and O–H groups in total. The minimum Gasteiger partial charge on any atom is -0.482 e. The number of ether oxygens (including phenoxy) is 1. The lowest BCUT2D eigenvalue weighted by Crippen LogP contribution is -2.20. The first-order chi connectivity index (χ1) is 10.3. The van der Waals surface area contributed by atoms with E-state index in [1.807, 2.05) is 18.2 Å². The average molecular weight is 282 g/mol. The zero-order chi connectivity index (χ0) is 14.2. The van der Waals surface area contributed by atoms with Gasteiger partial charge in [0.1, 0.15) is 11.6 Å². The van der Waals surface area contributed by atoms with Gasteiger partial charge in [-0.1, -0.05) is 18.2 Å². The first-order valence-corrected chi connectivity index (χ1v) is 7.46. The van der Waals surface area contributed by atoms with Gasteiger partial charge in [0.2, 0.25) is 0 Å². The Balaban J connectivity index is 1.70.